The predicted molar refractivity (Wildman–Crippen MR) is 154 cm³/mol. The summed E-state index contributed by atoms with van der Waals surface area (Å²) in [5, 5.41) is 10.0. The maximum atomic E-state index is 10.0. The van der Waals surface area contributed by atoms with Crippen LogP contribution in [0.2, 0.25) is 0 Å². The standard InChI is InChI=1S/C32H62O4/c1-4-7-10-13-16-17-18-19-22-25-29-31(34-26-23-20-14-11-8-5-2)32(30(28-33)36-29)35-27-24-21-15-12-9-6-3/h4,29-33H,1,5-28H2,2-3H3. The fourth-order valence-corrected chi connectivity index (χ4v) is 5.31. The van der Waals surface area contributed by atoms with Gasteiger partial charge in [-0.25, -0.2) is 0 Å². The maximum Gasteiger partial charge on any atom is 0.115 e. The first-order chi connectivity index (χ1) is 17.8. The normalized spacial score (nSPS) is 21.9. The van der Waals surface area contributed by atoms with Gasteiger partial charge in [-0.15, -0.1) is 6.58 Å². The lowest BCUT2D eigenvalue weighted by molar-refractivity contribution is -0.0735. The molecule has 0 aliphatic carbocycles. The van der Waals surface area contributed by atoms with Crippen LogP contribution in [0.4, 0.5) is 0 Å². The molecule has 1 saturated heterocycles. The molecule has 0 bridgehead atoms. The van der Waals surface area contributed by atoms with E-state index >= 15 is 0 Å². The fourth-order valence-electron chi connectivity index (χ4n) is 5.31. The third kappa shape index (κ3) is 16.4. The number of ether oxygens (including phenoxy) is 3. The number of hydrogen-bond acceptors (Lipinski definition) is 4. The van der Waals surface area contributed by atoms with Gasteiger partial charge < -0.3 is 19.3 Å². The molecule has 4 heteroatoms. The highest BCUT2D eigenvalue weighted by molar-refractivity contribution is 4.93. The number of hydrogen-bond donors (Lipinski definition) is 1. The number of allylic oxidation sites excluding steroid dienone is 1. The molecular weight excluding hydrogens is 448 g/mol. The molecule has 0 amide bonds. The van der Waals surface area contributed by atoms with Gasteiger partial charge in [-0.2, -0.15) is 0 Å². The summed E-state index contributed by atoms with van der Waals surface area (Å²) in [5.41, 5.74) is 0. The molecule has 1 heterocycles. The Bertz CT molecular complexity index is 469. The van der Waals surface area contributed by atoms with E-state index < -0.39 is 0 Å². The SMILES string of the molecule is C=CCCCCCCCCCC1OC(CO)C(OCCCCCCCC)C1OCCCCCCCC. The molecule has 0 spiro atoms. The first-order valence-corrected chi connectivity index (χ1v) is 15.9. The van der Waals surface area contributed by atoms with Gasteiger partial charge in [0.2, 0.25) is 0 Å². The lowest BCUT2D eigenvalue weighted by Gasteiger charge is -2.25. The predicted octanol–water partition coefficient (Wildman–Crippen LogP) is 8.93. The van der Waals surface area contributed by atoms with E-state index in [0.29, 0.717) is 0 Å². The topological polar surface area (TPSA) is 47.9 Å². The van der Waals surface area contributed by atoms with Gasteiger partial charge in [0.15, 0.2) is 0 Å². The Kier molecular flexibility index (Phi) is 23.2. The molecule has 1 aliphatic rings. The number of aliphatic hydroxyl groups excluding tert-OH is 1. The molecule has 36 heavy (non-hydrogen) atoms. The first kappa shape index (κ1) is 33.6. The van der Waals surface area contributed by atoms with Crippen LogP contribution in [0.1, 0.15) is 149 Å². The van der Waals surface area contributed by atoms with Crippen molar-refractivity contribution in [1.29, 1.82) is 0 Å². The van der Waals surface area contributed by atoms with Crippen molar-refractivity contribution in [3.05, 3.63) is 12.7 Å². The second-order valence-electron chi connectivity index (χ2n) is 10.9. The van der Waals surface area contributed by atoms with Gasteiger partial charge in [-0.3, -0.25) is 0 Å². The first-order valence-electron chi connectivity index (χ1n) is 15.9. The molecule has 1 fully saturated rings. The highest BCUT2D eigenvalue weighted by Gasteiger charge is 2.45. The number of unbranched alkanes of at least 4 members (excludes halogenated alkanes) is 17. The third-order valence-electron chi connectivity index (χ3n) is 7.60. The minimum Gasteiger partial charge on any atom is -0.394 e. The van der Waals surface area contributed by atoms with Gasteiger partial charge in [-0.1, -0.05) is 123 Å². The molecule has 1 rings (SSSR count). The highest BCUT2D eigenvalue weighted by atomic mass is 16.6. The summed E-state index contributed by atoms with van der Waals surface area (Å²) in [7, 11) is 0. The van der Waals surface area contributed by atoms with E-state index in [2.05, 4.69) is 20.4 Å². The number of aliphatic hydroxyl groups is 1. The molecule has 0 aromatic carbocycles. The van der Waals surface area contributed by atoms with Crippen molar-refractivity contribution < 1.29 is 19.3 Å². The molecule has 1 aliphatic heterocycles. The van der Waals surface area contributed by atoms with Gasteiger partial charge in [0.1, 0.15) is 18.3 Å². The summed E-state index contributed by atoms with van der Waals surface area (Å²) in [6.45, 7) is 9.85. The molecule has 1 N–H and O–H groups in total. The zero-order valence-electron chi connectivity index (χ0n) is 24.2. The van der Waals surface area contributed by atoms with Crippen LogP contribution in [-0.4, -0.2) is 49.3 Å². The quantitative estimate of drug-likeness (QED) is 0.0885. The summed E-state index contributed by atoms with van der Waals surface area (Å²) in [4.78, 5) is 0. The van der Waals surface area contributed by atoms with E-state index in [9.17, 15) is 5.11 Å². The van der Waals surface area contributed by atoms with E-state index in [4.69, 9.17) is 14.2 Å². The van der Waals surface area contributed by atoms with E-state index in [1.165, 1.54) is 103 Å². The van der Waals surface area contributed by atoms with Gasteiger partial charge in [-0.05, 0) is 32.1 Å². The Hall–Kier alpha value is -0.420. The van der Waals surface area contributed by atoms with Crippen LogP contribution in [0, 0.1) is 0 Å². The molecule has 4 nitrogen and oxygen atoms in total. The van der Waals surface area contributed by atoms with Crippen molar-refractivity contribution in [2.75, 3.05) is 19.8 Å². The molecule has 4 atom stereocenters. The van der Waals surface area contributed by atoms with E-state index in [-0.39, 0.29) is 31.0 Å². The van der Waals surface area contributed by atoms with Crippen LogP contribution in [0.5, 0.6) is 0 Å². The molecule has 214 valence electrons. The molecule has 0 radical (unpaired) electrons. The number of rotatable bonds is 27. The lowest BCUT2D eigenvalue weighted by Crippen LogP contribution is -2.39. The summed E-state index contributed by atoms with van der Waals surface area (Å²) in [5.74, 6) is 0. The summed E-state index contributed by atoms with van der Waals surface area (Å²) < 4.78 is 19.1. The minimum absolute atomic E-state index is 0.0131. The van der Waals surface area contributed by atoms with Gasteiger partial charge in [0.05, 0.1) is 12.7 Å². The van der Waals surface area contributed by atoms with E-state index in [1.54, 1.807) is 0 Å². The highest BCUT2D eigenvalue weighted by Crippen LogP contribution is 2.30. The lowest BCUT2D eigenvalue weighted by atomic mass is 10.0. The summed E-state index contributed by atoms with van der Waals surface area (Å²) in [6, 6.07) is 0. The Labute approximate surface area is 224 Å². The van der Waals surface area contributed by atoms with Gasteiger partial charge in [0, 0.05) is 13.2 Å². The van der Waals surface area contributed by atoms with Crippen LogP contribution in [0.15, 0.2) is 12.7 Å². The second kappa shape index (κ2) is 24.9. The average Bonchev–Trinajstić information content (AvgIpc) is 3.22. The molecule has 0 saturated carbocycles. The van der Waals surface area contributed by atoms with Crippen molar-refractivity contribution in [2.45, 2.75) is 173 Å². The third-order valence-corrected chi connectivity index (χ3v) is 7.60. The summed E-state index contributed by atoms with van der Waals surface area (Å²) in [6.07, 6.45) is 27.9. The van der Waals surface area contributed by atoms with Crippen LogP contribution in [0.25, 0.3) is 0 Å². The van der Waals surface area contributed by atoms with Gasteiger partial charge >= 0.3 is 0 Å². The Morgan fingerprint density at radius 1 is 0.611 bits per heavy atom. The average molecular weight is 511 g/mol. The van der Waals surface area contributed by atoms with Crippen molar-refractivity contribution >= 4 is 0 Å². The Morgan fingerprint density at radius 3 is 1.56 bits per heavy atom. The largest absolute Gasteiger partial charge is 0.394 e. The Morgan fingerprint density at radius 2 is 1.06 bits per heavy atom. The second-order valence-corrected chi connectivity index (χ2v) is 10.9. The van der Waals surface area contributed by atoms with Crippen molar-refractivity contribution in [1.82, 2.24) is 0 Å². The van der Waals surface area contributed by atoms with Crippen molar-refractivity contribution in [3.8, 4) is 0 Å². The van der Waals surface area contributed by atoms with Gasteiger partial charge in [0.25, 0.3) is 0 Å². The van der Waals surface area contributed by atoms with Crippen LogP contribution in [0.3, 0.4) is 0 Å². The van der Waals surface area contributed by atoms with Crippen LogP contribution >= 0.6 is 0 Å². The zero-order valence-corrected chi connectivity index (χ0v) is 24.2. The van der Waals surface area contributed by atoms with E-state index in [1.807, 2.05) is 6.08 Å². The van der Waals surface area contributed by atoms with Crippen molar-refractivity contribution in [2.24, 2.45) is 0 Å². The molecule has 0 aromatic rings. The molecule has 0 aromatic heterocycles. The molecular formula is C32H62O4. The van der Waals surface area contributed by atoms with Crippen LogP contribution in [-0.2, 0) is 14.2 Å². The van der Waals surface area contributed by atoms with Crippen LogP contribution < -0.4 is 0 Å². The maximum absolute atomic E-state index is 10.0. The van der Waals surface area contributed by atoms with Crippen molar-refractivity contribution in [3.63, 3.8) is 0 Å². The Balaban J connectivity index is 2.43. The zero-order chi connectivity index (χ0) is 26.1. The fraction of sp³-hybridized carbons (Fsp3) is 0.938. The minimum atomic E-state index is -0.255. The summed E-state index contributed by atoms with van der Waals surface area (Å²) >= 11 is 0. The monoisotopic (exact) mass is 510 g/mol. The van der Waals surface area contributed by atoms with E-state index in [0.717, 1.165) is 45.3 Å². The molecule has 4 unspecified atom stereocenters. The smallest absolute Gasteiger partial charge is 0.115 e.